The second-order valence-electron chi connectivity index (χ2n) is 5.96. The van der Waals surface area contributed by atoms with Crippen LogP contribution < -0.4 is 15.9 Å². The van der Waals surface area contributed by atoms with Crippen molar-refractivity contribution in [1.82, 2.24) is 10.0 Å². The predicted molar refractivity (Wildman–Crippen MR) is 80.9 cm³/mol. The lowest BCUT2D eigenvalue weighted by atomic mass is 10.1. The molecule has 1 atom stereocenters. The van der Waals surface area contributed by atoms with Gasteiger partial charge in [0.1, 0.15) is 11.6 Å². The van der Waals surface area contributed by atoms with E-state index in [2.05, 4.69) is 5.32 Å². The Hall–Kier alpha value is -2.91. The summed E-state index contributed by atoms with van der Waals surface area (Å²) < 4.78 is 5.50. The van der Waals surface area contributed by atoms with Crippen molar-refractivity contribution >= 4 is 18.0 Å². The standard InChI is InChI=1S/C14H21N3O7/c1-14(2,3)23-13(22)16-8(4-5-9(15)18)12(21)24-17-10(19)6-7-11(17)20/h6-8,19-20H,4-5H2,1-3H3,(H2,15,18)(H,16,22)/t8-/m0/s1. The smallest absolute Gasteiger partial charge is 0.408 e. The molecular weight excluding hydrogens is 322 g/mol. The van der Waals surface area contributed by atoms with Crippen LogP contribution in [0, 0.1) is 0 Å². The van der Waals surface area contributed by atoms with Gasteiger partial charge in [-0.25, -0.2) is 9.59 Å². The minimum absolute atomic E-state index is 0.143. The van der Waals surface area contributed by atoms with Crippen LogP contribution in [-0.4, -0.2) is 44.6 Å². The first-order valence-electron chi connectivity index (χ1n) is 7.09. The third-order valence-electron chi connectivity index (χ3n) is 2.63. The molecule has 1 aromatic heterocycles. The number of alkyl carbamates (subject to hydrolysis) is 1. The van der Waals surface area contributed by atoms with Crippen LogP contribution in [0.1, 0.15) is 33.6 Å². The monoisotopic (exact) mass is 343 g/mol. The van der Waals surface area contributed by atoms with Gasteiger partial charge in [0.2, 0.25) is 17.7 Å². The van der Waals surface area contributed by atoms with Gasteiger partial charge in [0, 0.05) is 18.6 Å². The van der Waals surface area contributed by atoms with Gasteiger partial charge in [0.05, 0.1) is 0 Å². The summed E-state index contributed by atoms with van der Waals surface area (Å²) in [5.41, 5.74) is 4.25. The number of hydrogen-bond acceptors (Lipinski definition) is 7. The molecule has 0 saturated carbocycles. The molecule has 10 nitrogen and oxygen atoms in total. The third kappa shape index (κ3) is 6.07. The van der Waals surface area contributed by atoms with Crippen LogP contribution in [0.4, 0.5) is 4.79 Å². The zero-order chi connectivity index (χ0) is 18.5. The fourth-order valence-corrected chi connectivity index (χ4v) is 1.63. The molecule has 5 N–H and O–H groups in total. The maximum absolute atomic E-state index is 12.1. The Kier molecular flexibility index (Phi) is 6.04. The Balaban J connectivity index is 2.82. The van der Waals surface area contributed by atoms with E-state index in [1.807, 2.05) is 0 Å². The molecule has 0 saturated heterocycles. The molecule has 0 bridgehead atoms. The molecule has 134 valence electrons. The Morgan fingerprint density at radius 1 is 1.25 bits per heavy atom. The van der Waals surface area contributed by atoms with E-state index in [1.54, 1.807) is 20.8 Å². The predicted octanol–water partition coefficient (Wildman–Crippen LogP) is 0.0133. The minimum atomic E-state index is -1.27. The fraction of sp³-hybridized carbons (Fsp3) is 0.500. The van der Waals surface area contributed by atoms with E-state index >= 15 is 0 Å². The molecule has 0 radical (unpaired) electrons. The molecule has 0 aliphatic carbocycles. The van der Waals surface area contributed by atoms with Crippen molar-refractivity contribution < 1.29 is 34.2 Å². The average molecular weight is 343 g/mol. The van der Waals surface area contributed by atoms with E-state index in [9.17, 15) is 24.6 Å². The number of carbonyl (C=O) groups excluding carboxylic acids is 3. The van der Waals surface area contributed by atoms with Gasteiger partial charge >= 0.3 is 12.1 Å². The van der Waals surface area contributed by atoms with Crippen LogP contribution >= 0.6 is 0 Å². The van der Waals surface area contributed by atoms with Crippen LogP contribution in [0.2, 0.25) is 0 Å². The highest BCUT2D eigenvalue weighted by molar-refractivity contribution is 5.83. The Labute approximate surface area is 138 Å². The molecule has 1 heterocycles. The van der Waals surface area contributed by atoms with Crippen LogP contribution in [-0.2, 0) is 14.3 Å². The molecule has 0 fully saturated rings. The largest absolute Gasteiger partial charge is 0.492 e. The van der Waals surface area contributed by atoms with Gasteiger partial charge in [-0.1, -0.05) is 0 Å². The number of rotatable bonds is 6. The molecule has 0 spiro atoms. The Bertz CT molecular complexity index is 599. The first-order valence-corrected chi connectivity index (χ1v) is 7.09. The molecule has 0 aliphatic heterocycles. The number of nitrogens with zero attached hydrogens (tertiary/aromatic N) is 1. The van der Waals surface area contributed by atoms with Gasteiger partial charge in [-0.15, -0.1) is 4.73 Å². The molecule has 2 amide bonds. The summed E-state index contributed by atoms with van der Waals surface area (Å²) in [5.74, 6) is -2.74. The Morgan fingerprint density at radius 2 is 1.79 bits per heavy atom. The maximum Gasteiger partial charge on any atom is 0.408 e. The lowest BCUT2D eigenvalue weighted by molar-refractivity contribution is -0.148. The number of aromatic hydroxyl groups is 2. The van der Waals surface area contributed by atoms with Gasteiger partial charge in [-0.2, -0.15) is 0 Å². The number of nitrogens with one attached hydrogen (secondary N) is 1. The summed E-state index contributed by atoms with van der Waals surface area (Å²) in [6.45, 7) is 4.91. The molecule has 1 aromatic rings. The van der Waals surface area contributed by atoms with Crippen molar-refractivity contribution in [2.45, 2.75) is 45.3 Å². The number of carbonyl (C=O) groups is 3. The number of aromatic nitrogens is 1. The quantitative estimate of drug-likeness (QED) is 0.567. The molecule has 1 rings (SSSR count). The fourth-order valence-electron chi connectivity index (χ4n) is 1.63. The van der Waals surface area contributed by atoms with E-state index in [-0.39, 0.29) is 12.8 Å². The van der Waals surface area contributed by atoms with Gasteiger partial charge in [0.15, 0.2) is 0 Å². The third-order valence-corrected chi connectivity index (χ3v) is 2.63. The first-order chi connectivity index (χ1) is 11.0. The lowest BCUT2D eigenvalue weighted by Crippen LogP contribution is -2.46. The van der Waals surface area contributed by atoms with E-state index in [1.165, 1.54) is 0 Å². The zero-order valence-corrected chi connectivity index (χ0v) is 13.6. The van der Waals surface area contributed by atoms with Crippen molar-refractivity contribution in [1.29, 1.82) is 0 Å². The lowest BCUT2D eigenvalue weighted by Gasteiger charge is -2.22. The summed E-state index contributed by atoms with van der Waals surface area (Å²) in [7, 11) is 0. The number of primary amides is 1. The molecule has 24 heavy (non-hydrogen) atoms. The number of nitrogens with two attached hydrogens (primary N) is 1. The normalized spacial score (nSPS) is 12.3. The van der Waals surface area contributed by atoms with Crippen molar-refractivity contribution in [2.24, 2.45) is 5.73 Å². The van der Waals surface area contributed by atoms with E-state index in [0.717, 1.165) is 12.1 Å². The van der Waals surface area contributed by atoms with Crippen LogP contribution in [0.25, 0.3) is 0 Å². The summed E-state index contributed by atoms with van der Waals surface area (Å²) in [6, 6.07) is 0.929. The van der Waals surface area contributed by atoms with Gasteiger partial charge in [-0.05, 0) is 27.2 Å². The molecule has 0 unspecified atom stereocenters. The van der Waals surface area contributed by atoms with Crippen LogP contribution in [0.15, 0.2) is 12.1 Å². The maximum atomic E-state index is 12.1. The average Bonchev–Trinajstić information content (AvgIpc) is 2.73. The summed E-state index contributed by atoms with van der Waals surface area (Å²) in [5, 5.41) is 21.2. The summed E-state index contributed by atoms with van der Waals surface area (Å²) >= 11 is 0. The summed E-state index contributed by atoms with van der Waals surface area (Å²) in [4.78, 5) is 39.6. The van der Waals surface area contributed by atoms with Crippen molar-refractivity contribution in [3.63, 3.8) is 0 Å². The highest BCUT2D eigenvalue weighted by Crippen LogP contribution is 2.19. The SMILES string of the molecule is CC(C)(C)OC(=O)N[C@@H](CCC(N)=O)C(=O)On1c(O)ccc1O. The Morgan fingerprint density at radius 3 is 2.25 bits per heavy atom. The number of hydrogen-bond donors (Lipinski definition) is 4. The van der Waals surface area contributed by atoms with Crippen molar-refractivity contribution in [3.8, 4) is 11.8 Å². The highest BCUT2D eigenvalue weighted by Gasteiger charge is 2.27. The number of amides is 2. The zero-order valence-electron chi connectivity index (χ0n) is 13.6. The second kappa shape index (κ2) is 7.57. The molecule has 0 aromatic carbocycles. The first kappa shape index (κ1) is 19.1. The number of ether oxygens (including phenoxy) is 1. The van der Waals surface area contributed by atoms with Crippen LogP contribution in [0.5, 0.6) is 11.8 Å². The highest BCUT2D eigenvalue weighted by atomic mass is 16.7. The molecular formula is C14H21N3O7. The molecule has 0 aliphatic rings. The van der Waals surface area contributed by atoms with Crippen molar-refractivity contribution in [2.75, 3.05) is 0 Å². The van der Waals surface area contributed by atoms with Gasteiger partial charge < -0.3 is 30.8 Å². The van der Waals surface area contributed by atoms with E-state index in [4.69, 9.17) is 15.3 Å². The van der Waals surface area contributed by atoms with E-state index in [0.29, 0.717) is 4.73 Å². The molecule has 10 heteroatoms. The van der Waals surface area contributed by atoms with Gasteiger partial charge in [0.25, 0.3) is 0 Å². The van der Waals surface area contributed by atoms with Crippen LogP contribution in [0.3, 0.4) is 0 Å². The topological polar surface area (TPSA) is 153 Å². The second-order valence-corrected chi connectivity index (χ2v) is 5.96. The van der Waals surface area contributed by atoms with Gasteiger partial charge in [-0.3, -0.25) is 4.79 Å². The minimum Gasteiger partial charge on any atom is -0.492 e. The summed E-state index contributed by atoms with van der Waals surface area (Å²) in [6.07, 6.45) is -1.23. The van der Waals surface area contributed by atoms with E-state index < -0.39 is 41.4 Å². The van der Waals surface area contributed by atoms with Crippen molar-refractivity contribution in [3.05, 3.63) is 12.1 Å².